The lowest BCUT2D eigenvalue weighted by Gasteiger charge is -2.44. The van der Waals surface area contributed by atoms with Crippen LogP contribution in [0.5, 0.6) is 11.5 Å². The van der Waals surface area contributed by atoms with Crippen LogP contribution in [0.1, 0.15) is 58.1 Å². The number of amides is 4. The molecule has 2 atom stereocenters. The zero-order valence-corrected chi connectivity index (χ0v) is 30.1. The first-order valence-corrected chi connectivity index (χ1v) is 18.2. The van der Waals surface area contributed by atoms with Gasteiger partial charge in [-0.1, -0.05) is 91.0 Å². The number of halogens is 1. The minimum atomic E-state index is -0.779. The Kier molecular flexibility index (Phi) is 9.11. The molecular weight excluding hydrogens is 718 g/mol. The third-order valence-electron chi connectivity index (χ3n) is 10.1. The number of urea groups is 1. The van der Waals surface area contributed by atoms with Gasteiger partial charge < -0.3 is 14.4 Å². The Morgan fingerprint density at radius 1 is 0.788 bits per heavy atom. The highest BCUT2D eigenvalue weighted by atomic mass is 79.9. The number of carbonyl (C=O) groups is 3. The van der Waals surface area contributed by atoms with Crippen molar-refractivity contribution in [2.24, 2.45) is 0 Å². The van der Waals surface area contributed by atoms with Gasteiger partial charge in [-0.3, -0.25) is 14.9 Å². The van der Waals surface area contributed by atoms with Gasteiger partial charge >= 0.3 is 6.03 Å². The van der Waals surface area contributed by atoms with Crippen LogP contribution < -0.4 is 24.6 Å². The zero-order valence-electron chi connectivity index (χ0n) is 28.6. The van der Waals surface area contributed by atoms with E-state index < -0.39 is 17.8 Å². The lowest BCUT2D eigenvalue weighted by Crippen LogP contribution is -2.54. The minimum Gasteiger partial charge on any atom is -0.493 e. The van der Waals surface area contributed by atoms with Gasteiger partial charge in [-0.25, -0.2) is 9.69 Å². The number of carbonyl (C=O) groups excluding carboxylic acids is 3. The number of methoxy groups -OCH3 is 1. The van der Waals surface area contributed by atoms with Crippen LogP contribution in [0.4, 0.5) is 16.2 Å². The molecule has 4 amide bonds. The number of anilines is 2. The first-order chi connectivity index (χ1) is 25.4. The van der Waals surface area contributed by atoms with Crippen LogP contribution >= 0.6 is 15.9 Å². The number of benzene rings is 5. The van der Waals surface area contributed by atoms with E-state index >= 15 is 0 Å². The predicted molar refractivity (Wildman–Crippen MR) is 205 cm³/mol. The molecule has 3 aliphatic heterocycles. The van der Waals surface area contributed by atoms with Crippen LogP contribution in [0, 0.1) is 0 Å². The van der Waals surface area contributed by atoms with Gasteiger partial charge in [0.05, 0.1) is 17.3 Å². The quantitative estimate of drug-likeness (QED) is 0.126. The molecule has 8 nitrogen and oxygen atoms in total. The molecule has 0 aliphatic carbocycles. The highest BCUT2D eigenvalue weighted by molar-refractivity contribution is 9.10. The molecule has 260 valence electrons. The van der Waals surface area contributed by atoms with Gasteiger partial charge in [0.25, 0.3) is 11.8 Å². The van der Waals surface area contributed by atoms with Gasteiger partial charge in [0.2, 0.25) is 0 Å². The second kappa shape index (κ2) is 14.2. The lowest BCUT2D eigenvalue weighted by atomic mass is 9.76. The first kappa shape index (κ1) is 33.5. The summed E-state index contributed by atoms with van der Waals surface area (Å²) in [7, 11) is 1.53. The molecule has 8 rings (SSSR count). The molecule has 3 aliphatic rings. The molecule has 0 unspecified atom stereocenters. The van der Waals surface area contributed by atoms with E-state index in [9.17, 15) is 14.4 Å². The second-order valence-electron chi connectivity index (χ2n) is 13.2. The molecule has 9 heteroatoms. The molecule has 0 radical (unpaired) electrons. The molecule has 3 heterocycles. The summed E-state index contributed by atoms with van der Waals surface area (Å²) in [5, 5.41) is 2.43. The van der Waals surface area contributed by atoms with Crippen LogP contribution in [0.2, 0.25) is 0 Å². The molecule has 52 heavy (non-hydrogen) atoms. The Hall–Kier alpha value is -5.67. The van der Waals surface area contributed by atoms with Crippen molar-refractivity contribution >= 4 is 51.2 Å². The summed E-state index contributed by atoms with van der Waals surface area (Å²) in [4.78, 5) is 44.9. The Morgan fingerprint density at radius 3 is 1.94 bits per heavy atom. The van der Waals surface area contributed by atoms with Crippen LogP contribution in [0.25, 0.3) is 6.08 Å². The van der Waals surface area contributed by atoms with E-state index in [0.717, 1.165) is 47.5 Å². The van der Waals surface area contributed by atoms with E-state index in [1.807, 2.05) is 78.9 Å². The minimum absolute atomic E-state index is 0.0766. The Labute approximate surface area is 310 Å². The van der Waals surface area contributed by atoms with Crippen molar-refractivity contribution in [3.63, 3.8) is 0 Å². The van der Waals surface area contributed by atoms with Crippen molar-refractivity contribution in [3.8, 4) is 11.5 Å². The number of hydrogen-bond donors (Lipinski definition) is 1. The van der Waals surface area contributed by atoms with Gasteiger partial charge in [-0.2, -0.15) is 0 Å². The predicted octanol–water partition coefficient (Wildman–Crippen LogP) is 8.58. The largest absolute Gasteiger partial charge is 0.493 e. The Morgan fingerprint density at radius 2 is 1.37 bits per heavy atom. The molecule has 1 saturated heterocycles. The van der Waals surface area contributed by atoms with E-state index in [1.165, 1.54) is 30.0 Å². The maximum atomic E-state index is 14.4. The van der Waals surface area contributed by atoms with Gasteiger partial charge in [0, 0.05) is 30.6 Å². The maximum absolute atomic E-state index is 14.4. The third kappa shape index (κ3) is 6.26. The van der Waals surface area contributed by atoms with Crippen molar-refractivity contribution in [2.75, 3.05) is 30.0 Å². The summed E-state index contributed by atoms with van der Waals surface area (Å²) < 4.78 is 12.3. The van der Waals surface area contributed by atoms with Crippen LogP contribution in [-0.4, -0.2) is 38.0 Å². The van der Waals surface area contributed by atoms with Crippen molar-refractivity contribution in [1.82, 2.24) is 5.32 Å². The maximum Gasteiger partial charge on any atom is 0.335 e. The zero-order chi connectivity index (χ0) is 35.8. The normalized spacial score (nSPS) is 19.0. The fraction of sp³-hybridized carbons (Fsp3) is 0.186. The van der Waals surface area contributed by atoms with Crippen molar-refractivity contribution in [3.05, 3.63) is 159 Å². The van der Waals surface area contributed by atoms with Crippen molar-refractivity contribution in [2.45, 2.75) is 31.3 Å². The Balaban J connectivity index is 1.19. The van der Waals surface area contributed by atoms with E-state index in [1.54, 1.807) is 12.1 Å². The van der Waals surface area contributed by atoms with Crippen molar-refractivity contribution in [1.29, 1.82) is 0 Å². The molecule has 0 aromatic heterocycles. The van der Waals surface area contributed by atoms with Gasteiger partial charge in [-0.15, -0.1) is 0 Å². The summed E-state index contributed by atoms with van der Waals surface area (Å²) in [6, 6.07) is 37.1. The average molecular weight is 755 g/mol. The number of barbiturate groups is 1. The number of rotatable bonds is 8. The van der Waals surface area contributed by atoms with Gasteiger partial charge in [0.1, 0.15) is 12.2 Å². The summed E-state index contributed by atoms with van der Waals surface area (Å²) >= 11 is 3.59. The smallest absolute Gasteiger partial charge is 0.335 e. The molecular formula is C43H36BrN3O5. The Bertz CT molecular complexity index is 2130. The number of hydrogen-bond acceptors (Lipinski definition) is 6. The third-order valence-corrected chi connectivity index (χ3v) is 10.7. The lowest BCUT2D eigenvalue weighted by molar-refractivity contribution is -0.122. The highest BCUT2D eigenvalue weighted by Gasteiger charge is 2.40. The fourth-order valence-corrected chi connectivity index (χ4v) is 8.29. The summed E-state index contributed by atoms with van der Waals surface area (Å²) in [6.45, 7) is 2.16. The summed E-state index contributed by atoms with van der Waals surface area (Å²) in [5.41, 5.74) is 7.48. The topological polar surface area (TPSA) is 88.2 Å². The summed E-state index contributed by atoms with van der Waals surface area (Å²) in [6.07, 6.45) is 3.29. The van der Waals surface area contributed by atoms with Crippen LogP contribution in [-0.2, 0) is 16.2 Å². The molecule has 1 N–H and O–H groups in total. The van der Waals surface area contributed by atoms with E-state index in [0.29, 0.717) is 33.8 Å². The monoisotopic (exact) mass is 753 g/mol. The average Bonchev–Trinajstić information content (AvgIpc) is 3.17. The molecule has 5 aromatic carbocycles. The molecule has 0 saturated carbocycles. The van der Waals surface area contributed by atoms with Gasteiger partial charge in [-0.05, 0) is 92.5 Å². The van der Waals surface area contributed by atoms with Crippen molar-refractivity contribution < 1.29 is 23.9 Å². The van der Waals surface area contributed by atoms with E-state index in [2.05, 4.69) is 50.4 Å². The molecule has 1 fully saturated rings. The highest BCUT2D eigenvalue weighted by Crippen LogP contribution is 2.50. The van der Waals surface area contributed by atoms with E-state index in [-0.39, 0.29) is 17.4 Å². The molecule has 0 bridgehead atoms. The summed E-state index contributed by atoms with van der Waals surface area (Å²) in [5.74, 6) is -0.397. The fourth-order valence-electron chi connectivity index (χ4n) is 7.72. The number of imide groups is 2. The van der Waals surface area contributed by atoms with Crippen LogP contribution in [0.15, 0.2) is 125 Å². The molecule has 5 aromatic rings. The number of ether oxygens (including phenoxy) is 2. The standard InChI is InChI=1S/C43H36BrN3O5/c1-51-38-23-28(22-37(44)40(38)52-26-27-11-5-2-6-12-27)21-36-41(48)45-43(50)47(42(36)49)31-24-34-32(29-13-7-3-8-14-29)17-19-46-20-18-33(35(25-31)39(34)46)30-15-9-4-10-16-30/h2-16,21-25,32-33H,17-20,26H2,1H3,(H,45,48,50)/b36-21+/t32-,33-/m1/s1. The second-order valence-corrected chi connectivity index (χ2v) is 14.1. The first-order valence-electron chi connectivity index (χ1n) is 17.4. The number of nitrogens with zero attached hydrogens (tertiary/aromatic N) is 2. The SMILES string of the molecule is COc1cc(/C=C2\C(=O)NC(=O)N(c3cc4c5c(c3)[C@@H](c3ccccc3)CCN5CC[C@@H]4c3ccccc3)C2=O)cc(Br)c1OCc1ccccc1. The van der Waals surface area contributed by atoms with Gasteiger partial charge in [0.15, 0.2) is 11.5 Å². The van der Waals surface area contributed by atoms with Crippen LogP contribution in [0.3, 0.4) is 0 Å². The number of nitrogens with one attached hydrogen (secondary N) is 1. The van der Waals surface area contributed by atoms with E-state index in [4.69, 9.17) is 9.47 Å². The molecule has 0 spiro atoms.